The lowest BCUT2D eigenvalue weighted by Crippen LogP contribution is -2.52. The first-order valence-corrected chi connectivity index (χ1v) is 16.0. The van der Waals surface area contributed by atoms with Crippen molar-refractivity contribution < 1.29 is 22.3 Å². The van der Waals surface area contributed by atoms with Crippen molar-refractivity contribution in [3.8, 4) is 5.75 Å². The number of fused-ring (bicyclic) bond motifs is 5. The molecule has 40 heavy (non-hydrogen) atoms. The molecule has 0 unspecified atom stereocenters. The molecular weight excluding hydrogens is 553 g/mol. The Labute approximate surface area is 240 Å². The van der Waals surface area contributed by atoms with Gasteiger partial charge in [0.15, 0.2) is 5.95 Å². The van der Waals surface area contributed by atoms with Crippen molar-refractivity contribution in [2.75, 3.05) is 24.6 Å². The molecule has 1 amide bonds. The molecule has 2 aromatic carbocycles. The number of nitrogens with one attached hydrogen (secondary N) is 1. The van der Waals surface area contributed by atoms with Crippen molar-refractivity contribution in [2.45, 2.75) is 69.2 Å². The zero-order valence-corrected chi connectivity index (χ0v) is 24.4. The zero-order valence-electron chi connectivity index (χ0n) is 22.8. The predicted molar refractivity (Wildman–Crippen MR) is 154 cm³/mol. The van der Waals surface area contributed by atoms with Crippen molar-refractivity contribution in [3.63, 3.8) is 0 Å². The van der Waals surface area contributed by atoms with Gasteiger partial charge in [-0.2, -0.15) is 4.39 Å². The maximum absolute atomic E-state index is 15.9. The van der Waals surface area contributed by atoms with Gasteiger partial charge in [0, 0.05) is 29.1 Å². The number of hydrogen-bond acceptors (Lipinski definition) is 6. The largest absolute Gasteiger partial charge is 0.490 e. The summed E-state index contributed by atoms with van der Waals surface area (Å²) in [7, 11) is -3.98. The molecule has 1 saturated heterocycles. The first-order valence-electron chi connectivity index (χ1n) is 14.1. The van der Waals surface area contributed by atoms with Crippen LogP contribution in [-0.4, -0.2) is 50.3 Å². The minimum Gasteiger partial charge on any atom is -0.490 e. The molecule has 0 saturated carbocycles. The summed E-state index contributed by atoms with van der Waals surface area (Å²) in [6, 6.07) is 11.1. The molecule has 3 heterocycles. The molecule has 2 bridgehead atoms. The minimum atomic E-state index is -3.98. The number of amides is 1. The second-order valence-corrected chi connectivity index (χ2v) is 14.2. The molecule has 4 aliphatic rings. The molecule has 1 aliphatic carbocycles. The highest BCUT2D eigenvalue weighted by atomic mass is 35.5. The van der Waals surface area contributed by atoms with Gasteiger partial charge in [0.1, 0.15) is 11.9 Å². The van der Waals surface area contributed by atoms with E-state index in [4.69, 9.17) is 16.3 Å². The van der Waals surface area contributed by atoms with Crippen LogP contribution in [0.5, 0.6) is 5.75 Å². The van der Waals surface area contributed by atoms with Gasteiger partial charge in [-0.3, -0.25) is 4.79 Å². The third-order valence-corrected chi connectivity index (χ3v) is 11.4. The Balaban J connectivity index is 1.50. The van der Waals surface area contributed by atoms with Gasteiger partial charge in [-0.15, -0.1) is 0 Å². The number of hydrogen-bond donors (Lipinski definition) is 1. The van der Waals surface area contributed by atoms with Gasteiger partial charge in [-0.05, 0) is 98.9 Å². The maximum Gasteiger partial charge on any atom is 0.264 e. The number of nitrogens with zero attached hydrogens (tertiary/aromatic N) is 2. The number of benzene rings is 2. The van der Waals surface area contributed by atoms with Crippen LogP contribution < -0.4 is 14.4 Å². The molecule has 1 fully saturated rings. The first-order chi connectivity index (χ1) is 19.1. The van der Waals surface area contributed by atoms with E-state index in [1.807, 2.05) is 12.1 Å². The molecule has 2 aromatic rings. The Hall–Kier alpha value is -2.78. The number of carbonyl (C=O) groups excluding carboxylic acids is 1. The highest BCUT2D eigenvalue weighted by Crippen LogP contribution is 2.46. The Morgan fingerprint density at radius 1 is 1.12 bits per heavy atom. The van der Waals surface area contributed by atoms with Crippen LogP contribution in [-0.2, 0) is 21.9 Å². The van der Waals surface area contributed by atoms with E-state index in [-0.39, 0.29) is 29.5 Å². The Morgan fingerprint density at radius 3 is 2.77 bits per heavy atom. The van der Waals surface area contributed by atoms with Gasteiger partial charge in [0.25, 0.3) is 5.91 Å². The number of allylic oxidation sites excluding steroid dienone is 1. The number of aryl methyl sites for hydroxylation is 1. The Kier molecular flexibility index (Phi) is 7.02. The highest BCUT2D eigenvalue weighted by Gasteiger charge is 2.45. The fourth-order valence-corrected chi connectivity index (χ4v) is 8.28. The molecule has 0 radical (unpaired) electrons. The molecule has 10 heteroatoms. The van der Waals surface area contributed by atoms with Crippen LogP contribution in [0.15, 0.2) is 48.4 Å². The van der Waals surface area contributed by atoms with Gasteiger partial charge >= 0.3 is 0 Å². The number of ether oxygens (including phenoxy) is 1. The van der Waals surface area contributed by atoms with Crippen LogP contribution in [0.1, 0.15) is 67.4 Å². The number of halogens is 2. The number of carbonyl (C=O) groups is 1. The van der Waals surface area contributed by atoms with E-state index >= 15 is 4.39 Å². The van der Waals surface area contributed by atoms with Crippen molar-refractivity contribution in [2.24, 2.45) is 5.92 Å². The maximum atomic E-state index is 15.9. The molecule has 0 aromatic heterocycles. The van der Waals surface area contributed by atoms with Crippen molar-refractivity contribution in [1.29, 1.82) is 0 Å². The average Bonchev–Trinajstić information content (AvgIpc) is 3.36. The summed E-state index contributed by atoms with van der Waals surface area (Å²) in [5.41, 5.74) is 2.94. The van der Waals surface area contributed by atoms with Gasteiger partial charge in [0.05, 0.1) is 17.5 Å². The summed E-state index contributed by atoms with van der Waals surface area (Å²) < 4.78 is 50.7. The van der Waals surface area contributed by atoms with E-state index in [0.29, 0.717) is 36.2 Å². The van der Waals surface area contributed by atoms with E-state index in [0.717, 1.165) is 32.1 Å². The Morgan fingerprint density at radius 2 is 1.95 bits per heavy atom. The molecule has 6 rings (SSSR count). The molecule has 4 atom stereocenters. The summed E-state index contributed by atoms with van der Waals surface area (Å²) in [6.07, 6.45) is 5.85. The molecule has 1 N–H and O–H groups in total. The van der Waals surface area contributed by atoms with E-state index in [2.05, 4.69) is 15.7 Å². The van der Waals surface area contributed by atoms with Crippen LogP contribution in [0, 0.1) is 5.92 Å². The lowest BCUT2D eigenvalue weighted by molar-refractivity contribution is 0.0980. The van der Waals surface area contributed by atoms with Crippen LogP contribution in [0.4, 0.5) is 10.1 Å². The predicted octanol–water partition coefficient (Wildman–Crippen LogP) is 5.53. The minimum absolute atomic E-state index is 0.222. The molecule has 1 spiro atoms. The van der Waals surface area contributed by atoms with E-state index in [1.165, 1.54) is 17.2 Å². The van der Waals surface area contributed by atoms with Crippen LogP contribution >= 0.6 is 11.6 Å². The molecular formula is C30H35ClFN3O4S. The monoisotopic (exact) mass is 587 g/mol. The van der Waals surface area contributed by atoms with Crippen LogP contribution in [0.3, 0.4) is 0 Å². The van der Waals surface area contributed by atoms with E-state index in [9.17, 15) is 13.2 Å². The zero-order chi connectivity index (χ0) is 28.2. The van der Waals surface area contributed by atoms with Gasteiger partial charge in [0.2, 0.25) is 10.0 Å². The SMILES string of the molecule is C[C@@H]1[C@@H](C)C/C=C(\F)N2CCC[C@H]2N2C[C@@]3(CCCc4cc(Cl)ccc43)COc3ccc(cc32)C(=O)NS1(=O)=O. The number of rotatable bonds is 0. The van der Waals surface area contributed by atoms with Crippen LogP contribution in [0.25, 0.3) is 0 Å². The third kappa shape index (κ3) is 4.75. The fourth-order valence-electron chi connectivity index (χ4n) is 6.80. The van der Waals surface area contributed by atoms with Crippen LogP contribution in [0.2, 0.25) is 5.02 Å². The normalized spacial score (nSPS) is 31.1. The molecule has 7 nitrogen and oxygen atoms in total. The topological polar surface area (TPSA) is 79.0 Å². The standard InChI is InChI=1S/C30H35ClFN3O4S/c1-19-7-12-27(32)34-14-4-6-28(34)35-17-30(13-3-5-21-15-23(31)9-10-24(21)30)18-39-26-11-8-22(16-25(26)35)29(36)33-40(37,38)20(19)2/h8-12,15-16,19-20,28H,3-7,13-14,17-18H2,1-2H3,(H,33,36)/b27-12+/t19-,20+,28+,30-/m0/s1. The summed E-state index contributed by atoms with van der Waals surface area (Å²) in [4.78, 5) is 17.2. The lowest BCUT2D eigenvalue weighted by atomic mass is 9.70. The van der Waals surface area contributed by atoms with E-state index < -0.39 is 27.1 Å². The third-order valence-electron chi connectivity index (χ3n) is 9.29. The molecule has 3 aliphatic heterocycles. The fraction of sp³-hybridized carbons (Fsp3) is 0.500. The quantitative estimate of drug-likeness (QED) is 0.408. The van der Waals surface area contributed by atoms with Gasteiger partial charge < -0.3 is 14.5 Å². The summed E-state index contributed by atoms with van der Waals surface area (Å²) in [6.45, 7) is 4.88. The second-order valence-electron chi connectivity index (χ2n) is 11.8. The Bertz CT molecular complexity index is 1480. The number of sulfonamides is 1. The summed E-state index contributed by atoms with van der Waals surface area (Å²) in [5, 5.41) is -0.173. The smallest absolute Gasteiger partial charge is 0.264 e. The van der Waals surface area contributed by atoms with Crippen molar-refractivity contribution in [1.82, 2.24) is 9.62 Å². The molecule has 214 valence electrons. The van der Waals surface area contributed by atoms with Gasteiger partial charge in [-0.1, -0.05) is 24.6 Å². The number of anilines is 1. The highest BCUT2D eigenvalue weighted by molar-refractivity contribution is 7.90. The first kappa shape index (κ1) is 27.4. The van der Waals surface area contributed by atoms with E-state index in [1.54, 1.807) is 36.9 Å². The average molecular weight is 588 g/mol. The van der Waals surface area contributed by atoms with Crippen molar-refractivity contribution >= 4 is 33.2 Å². The summed E-state index contributed by atoms with van der Waals surface area (Å²) in [5.74, 6) is -0.811. The van der Waals surface area contributed by atoms with Gasteiger partial charge in [-0.25, -0.2) is 13.1 Å². The lowest BCUT2D eigenvalue weighted by Gasteiger charge is -2.44. The van der Waals surface area contributed by atoms with Crippen molar-refractivity contribution in [3.05, 3.63) is 70.1 Å². The summed E-state index contributed by atoms with van der Waals surface area (Å²) >= 11 is 6.37. The second kappa shape index (κ2) is 10.2.